The molecule has 1 atom stereocenters. The van der Waals surface area contributed by atoms with Crippen molar-refractivity contribution < 1.29 is 22.8 Å². The summed E-state index contributed by atoms with van der Waals surface area (Å²) in [5.41, 5.74) is -0.149. The molecule has 0 heterocycles. The third-order valence-electron chi connectivity index (χ3n) is 2.52. The van der Waals surface area contributed by atoms with E-state index in [0.717, 1.165) is 6.07 Å². The van der Waals surface area contributed by atoms with Gasteiger partial charge in [0.25, 0.3) is 10.0 Å². The van der Waals surface area contributed by atoms with Crippen LogP contribution in [0.5, 0.6) is 0 Å². The monoisotopic (exact) mass is 332 g/mol. The minimum atomic E-state index is -3.92. The lowest BCUT2D eigenvalue weighted by atomic mass is 10.2. The lowest BCUT2D eigenvalue weighted by Gasteiger charge is -2.15. The average Bonchev–Trinajstić information content (AvgIpc) is 2.46. The van der Waals surface area contributed by atoms with Gasteiger partial charge in [-0.3, -0.25) is 4.84 Å². The molecule has 0 saturated carbocycles. The van der Waals surface area contributed by atoms with Crippen molar-refractivity contribution in [1.29, 1.82) is 5.26 Å². The summed E-state index contributed by atoms with van der Waals surface area (Å²) in [5.74, 6) is -0.883. The van der Waals surface area contributed by atoms with E-state index in [9.17, 15) is 13.2 Å². The maximum Gasteiger partial charge on any atom is 0.340 e. The molecule has 0 spiro atoms. The van der Waals surface area contributed by atoms with E-state index in [1.165, 1.54) is 33.2 Å². The van der Waals surface area contributed by atoms with Gasteiger partial charge in [0.2, 0.25) is 0 Å². The fourth-order valence-electron chi connectivity index (χ4n) is 1.32. The Kier molecular flexibility index (Phi) is 5.69. The van der Waals surface area contributed by atoms with Crippen molar-refractivity contribution in [2.75, 3.05) is 14.2 Å². The van der Waals surface area contributed by atoms with E-state index < -0.39 is 22.1 Å². The average molecular weight is 333 g/mol. The highest BCUT2D eigenvalue weighted by molar-refractivity contribution is 7.89. The van der Waals surface area contributed by atoms with Crippen LogP contribution in [-0.4, -0.2) is 39.1 Å². The highest BCUT2D eigenvalue weighted by Gasteiger charge is 2.24. The number of benzene rings is 1. The molecule has 1 aromatic carbocycles. The van der Waals surface area contributed by atoms with E-state index in [1.54, 1.807) is 6.07 Å². The van der Waals surface area contributed by atoms with Gasteiger partial charge in [-0.25, -0.2) is 13.2 Å². The topological polar surface area (TPSA) is 96.7 Å². The maximum atomic E-state index is 12.1. The number of hydrogen-bond acceptors (Lipinski definition) is 6. The zero-order valence-corrected chi connectivity index (χ0v) is 13.1. The van der Waals surface area contributed by atoms with Crippen molar-refractivity contribution in [3.8, 4) is 6.07 Å². The summed E-state index contributed by atoms with van der Waals surface area (Å²) in [6, 6.07) is 5.28. The molecule has 1 rings (SSSR count). The van der Waals surface area contributed by atoms with Gasteiger partial charge >= 0.3 is 5.97 Å². The number of ether oxygens (including phenoxy) is 1. The summed E-state index contributed by atoms with van der Waals surface area (Å²) in [6.07, 6.45) is -0.976. The van der Waals surface area contributed by atoms with Gasteiger partial charge < -0.3 is 4.74 Å². The number of esters is 1. The number of rotatable bonds is 5. The molecule has 0 aliphatic carbocycles. The lowest BCUT2D eigenvalue weighted by Crippen LogP contribution is -2.26. The maximum absolute atomic E-state index is 12.1. The second kappa shape index (κ2) is 6.87. The van der Waals surface area contributed by atoms with E-state index in [1.807, 2.05) is 0 Å². The van der Waals surface area contributed by atoms with Gasteiger partial charge in [-0.2, -0.15) is 5.26 Å². The highest BCUT2D eigenvalue weighted by atomic mass is 35.5. The molecule has 0 aliphatic rings. The number of nitriles is 1. The fraction of sp³-hybridized carbons (Fsp3) is 0.333. The molecule has 1 aromatic rings. The molecule has 0 bridgehead atoms. The second-order valence-electron chi connectivity index (χ2n) is 3.92. The predicted octanol–water partition coefficient (Wildman–Crippen LogP) is 1.59. The van der Waals surface area contributed by atoms with Gasteiger partial charge in [-0.05, 0) is 25.1 Å². The van der Waals surface area contributed by atoms with Crippen LogP contribution in [0.15, 0.2) is 23.1 Å². The normalized spacial score (nSPS) is 12.8. The van der Waals surface area contributed by atoms with Crippen molar-refractivity contribution in [3.05, 3.63) is 28.8 Å². The molecule has 0 radical (unpaired) electrons. The SMILES string of the molecule is CON(C)S(=O)(=O)c1ccc(Cl)c(C(=O)O[C@H](C)C#N)c1. The minimum Gasteiger partial charge on any atom is -0.444 e. The molecule has 9 heteroatoms. The third-order valence-corrected chi connectivity index (χ3v) is 4.52. The zero-order valence-electron chi connectivity index (χ0n) is 11.5. The molecule has 0 aliphatic heterocycles. The predicted molar refractivity (Wildman–Crippen MR) is 73.9 cm³/mol. The van der Waals surface area contributed by atoms with Crippen molar-refractivity contribution >= 4 is 27.6 Å². The lowest BCUT2D eigenvalue weighted by molar-refractivity contribution is -0.0258. The van der Waals surface area contributed by atoms with Gasteiger partial charge in [0.15, 0.2) is 6.10 Å². The van der Waals surface area contributed by atoms with Crippen LogP contribution < -0.4 is 0 Å². The number of hydrogen-bond donors (Lipinski definition) is 0. The molecule has 0 fully saturated rings. The van der Waals surface area contributed by atoms with E-state index in [4.69, 9.17) is 21.6 Å². The van der Waals surface area contributed by atoms with E-state index in [0.29, 0.717) is 4.47 Å². The largest absolute Gasteiger partial charge is 0.444 e. The first kappa shape index (κ1) is 17.4. The summed E-state index contributed by atoms with van der Waals surface area (Å²) in [5, 5.41) is 8.63. The number of hydroxylamine groups is 1. The number of sulfonamides is 1. The van der Waals surface area contributed by atoms with Crippen molar-refractivity contribution in [1.82, 2.24) is 4.47 Å². The molecule has 114 valence electrons. The van der Waals surface area contributed by atoms with Gasteiger partial charge in [-0.15, -0.1) is 0 Å². The van der Waals surface area contributed by atoms with Gasteiger partial charge in [0, 0.05) is 7.05 Å². The van der Waals surface area contributed by atoms with E-state index in [-0.39, 0.29) is 15.5 Å². The smallest absolute Gasteiger partial charge is 0.340 e. The molecule has 0 unspecified atom stereocenters. The van der Waals surface area contributed by atoms with Crippen LogP contribution in [-0.2, 0) is 19.6 Å². The van der Waals surface area contributed by atoms with Crippen LogP contribution in [0.1, 0.15) is 17.3 Å². The molecule has 7 nitrogen and oxygen atoms in total. The Labute approximate surface area is 127 Å². The molecule has 0 saturated heterocycles. The van der Waals surface area contributed by atoms with Crippen LogP contribution in [0.4, 0.5) is 0 Å². The molecular formula is C12H13ClN2O5S. The fourth-order valence-corrected chi connectivity index (χ4v) is 2.51. The first-order valence-electron chi connectivity index (χ1n) is 5.67. The Hall–Kier alpha value is -1.66. The second-order valence-corrected chi connectivity index (χ2v) is 6.26. The van der Waals surface area contributed by atoms with Crippen LogP contribution in [0.2, 0.25) is 5.02 Å². The van der Waals surface area contributed by atoms with Crippen molar-refractivity contribution in [2.24, 2.45) is 0 Å². The summed E-state index contributed by atoms with van der Waals surface area (Å²) in [7, 11) is -1.52. The minimum absolute atomic E-state index is 0.0177. The van der Waals surface area contributed by atoms with Crippen LogP contribution in [0.25, 0.3) is 0 Å². The van der Waals surface area contributed by atoms with Crippen LogP contribution >= 0.6 is 11.6 Å². The molecule has 0 aromatic heterocycles. The number of carbonyl (C=O) groups excluding carboxylic acids is 1. The first-order chi connectivity index (χ1) is 9.73. The van der Waals surface area contributed by atoms with Crippen LogP contribution in [0.3, 0.4) is 0 Å². The van der Waals surface area contributed by atoms with Gasteiger partial charge in [-0.1, -0.05) is 16.1 Å². The number of carbonyl (C=O) groups is 1. The Bertz CT molecular complexity index is 683. The standard InChI is InChI=1S/C12H13ClN2O5S/c1-8(7-14)20-12(16)10-6-9(4-5-11(10)13)21(17,18)15(2)19-3/h4-6,8H,1-3H3/t8-/m1/s1. The molecule has 0 amide bonds. The van der Waals surface area contributed by atoms with Crippen molar-refractivity contribution in [2.45, 2.75) is 17.9 Å². The molecule has 21 heavy (non-hydrogen) atoms. The number of halogens is 1. The zero-order chi connectivity index (χ0) is 16.2. The Morgan fingerprint density at radius 2 is 2.10 bits per heavy atom. The first-order valence-corrected chi connectivity index (χ1v) is 7.49. The Morgan fingerprint density at radius 1 is 1.48 bits per heavy atom. The quantitative estimate of drug-likeness (QED) is 0.600. The Morgan fingerprint density at radius 3 is 2.62 bits per heavy atom. The third kappa shape index (κ3) is 3.92. The Balaban J connectivity index is 3.24. The van der Waals surface area contributed by atoms with E-state index in [2.05, 4.69) is 4.84 Å². The summed E-state index contributed by atoms with van der Waals surface area (Å²) < 4.78 is 29.6. The molecular weight excluding hydrogens is 320 g/mol. The van der Waals surface area contributed by atoms with Crippen LogP contribution in [0, 0.1) is 11.3 Å². The van der Waals surface area contributed by atoms with Crippen molar-refractivity contribution in [3.63, 3.8) is 0 Å². The van der Waals surface area contributed by atoms with Gasteiger partial charge in [0.1, 0.15) is 6.07 Å². The number of nitrogens with zero attached hydrogens (tertiary/aromatic N) is 2. The summed E-state index contributed by atoms with van der Waals surface area (Å²) in [6.45, 7) is 1.38. The summed E-state index contributed by atoms with van der Waals surface area (Å²) >= 11 is 5.86. The molecule has 0 N–H and O–H groups in total. The summed E-state index contributed by atoms with van der Waals surface area (Å²) in [4.78, 5) is 16.3. The van der Waals surface area contributed by atoms with E-state index >= 15 is 0 Å². The highest BCUT2D eigenvalue weighted by Crippen LogP contribution is 2.23. The van der Waals surface area contributed by atoms with Gasteiger partial charge in [0.05, 0.1) is 22.6 Å².